The van der Waals surface area contributed by atoms with Crippen molar-refractivity contribution in [3.8, 4) is 17.2 Å². The van der Waals surface area contributed by atoms with E-state index in [-0.39, 0.29) is 6.61 Å². The van der Waals surface area contributed by atoms with Crippen molar-refractivity contribution in [2.45, 2.75) is 13.3 Å². The number of nitrogens with zero attached hydrogens (tertiary/aromatic N) is 1. The fourth-order valence-corrected chi connectivity index (χ4v) is 2.32. The lowest BCUT2D eigenvalue weighted by Crippen LogP contribution is -2.24. The number of nitrogens with one attached hydrogen (secondary N) is 1. The Morgan fingerprint density at radius 1 is 1.18 bits per heavy atom. The van der Waals surface area contributed by atoms with Gasteiger partial charge in [0, 0.05) is 12.5 Å². The van der Waals surface area contributed by atoms with Crippen LogP contribution in [0.2, 0.25) is 0 Å². The molecule has 7 heteroatoms. The van der Waals surface area contributed by atoms with Crippen LogP contribution in [0.5, 0.6) is 17.2 Å². The summed E-state index contributed by atoms with van der Waals surface area (Å²) in [4.78, 5) is 23.2. The average molecular weight is 382 g/mol. The van der Waals surface area contributed by atoms with Crippen molar-refractivity contribution in [1.82, 2.24) is 5.43 Å². The summed E-state index contributed by atoms with van der Waals surface area (Å²) in [5, 5.41) is 3.89. The highest BCUT2D eigenvalue weighted by Gasteiger charge is 2.08. The molecule has 0 unspecified atom stereocenters. The van der Waals surface area contributed by atoms with Crippen molar-refractivity contribution >= 4 is 18.1 Å². The number of hydrogen-bond acceptors (Lipinski definition) is 6. The fraction of sp³-hybridized carbons (Fsp3) is 0.190. The van der Waals surface area contributed by atoms with E-state index < -0.39 is 11.9 Å². The molecular weight excluding hydrogens is 360 g/mol. The molecule has 2 aromatic rings. The van der Waals surface area contributed by atoms with Gasteiger partial charge < -0.3 is 14.2 Å². The summed E-state index contributed by atoms with van der Waals surface area (Å²) in [5.41, 5.74) is 3.79. The maximum absolute atomic E-state index is 12.0. The Balaban J connectivity index is 1.98. The number of hydrazone groups is 1. The van der Waals surface area contributed by atoms with Crippen LogP contribution in [0.3, 0.4) is 0 Å². The zero-order valence-corrected chi connectivity index (χ0v) is 15.8. The normalized spacial score (nSPS) is 10.4. The van der Waals surface area contributed by atoms with Gasteiger partial charge in [-0.25, -0.2) is 5.43 Å². The highest BCUT2D eigenvalue weighted by Crippen LogP contribution is 2.23. The minimum absolute atomic E-state index is 0.194. The molecule has 0 atom stereocenters. The zero-order chi connectivity index (χ0) is 20.4. The molecule has 0 aromatic heterocycles. The number of carbonyl (C=O) groups is 2. The molecule has 2 aromatic carbocycles. The maximum atomic E-state index is 12.0. The van der Waals surface area contributed by atoms with Gasteiger partial charge in [0.15, 0.2) is 6.61 Å². The van der Waals surface area contributed by atoms with E-state index in [0.717, 1.165) is 5.56 Å². The van der Waals surface area contributed by atoms with Crippen LogP contribution >= 0.6 is 0 Å². The fourth-order valence-electron chi connectivity index (χ4n) is 2.32. The molecule has 0 aliphatic rings. The van der Waals surface area contributed by atoms with Gasteiger partial charge in [-0.05, 0) is 36.2 Å². The second-order valence-corrected chi connectivity index (χ2v) is 5.68. The van der Waals surface area contributed by atoms with Gasteiger partial charge in [0.25, 0.3) is 5.91 Å². The lowest BCUT2D eigenvalue weighted by atomic mass is 10.1. The van der Waals surface area contributed by atoms with Gasteiger partial charge in [0.2, 0.25) is 0 Å². The quantitative estimate of drug-likeness (QED) is 0.237. The SMILES string of the molecule is C=CCc1ccccc1OCC(=O)N/N=C/c1cc(OC)ccc1OC(C)=O. The molecule has 0 fully saturated rings. The van der Waals surface area contributed by atoms with Gasteiger partial charge in [0.05, 0.1) is 13.3 Å². The molecule has 1 N–H and O–H groups in total. The summed E-state index contributed by atoms with van der Waals surface area (Å²) >= 11 is 0. The van der Waals surface area contributed by atoms with Crippen molar-refractivity contribution < 1.29 is 23.8 Å². The van der Waals surface area contributed by atoms with Crippen LogP contribution in [-0.4, -0.2) is 31.8 Å². The average Bonchev–Trinajstić information content (AvgIpc) is 2.68. The van der Waals surface area contributed by atoms with Crippen molar-refractivity contribution in [2.24, 2.45) is 5.10 Å². The molecule has 0 saturated heterocycles. The number of ether oxygens (including phenoxy) is 3. The van der Waals surface area contributed by atoms with Crippen LogP contribution in [0.25, 0.3) is 0 Å². The number of benzene rings is 2. The van der Waals surface area contributed by atoms with Gasteiger partial charge in [-0.15, -0.1) is 6.58 Å². The third-order valence-electron chi connectivity index (χ3n) is 3.56. The van der Waals surface area contributed by atoms with Gasteiger partial charge in [-0.3, -0.25) is 9.59 Å². The first-order chi connectivity index (χ1) is 13.5. The first-order valence-corrected chi connectivity index (χ1v) is 8.53. The smallest absolute Gasteiger partial charge is 0.308 e. The number of rotatable bonds is 9. The zero-order valence-electron chi connectivity index (χ0n) is 15.8. The van der Waals surface area contributed by atoms with Gasteiger partial charge in [0.1, 0.15) is 17.2 Å². The van der Waals surface area contributed by atoms with E-state index in [1.54, 1.807) is 30.3 Å². The van der Waals surface area contributed by atoms with E-state index in [0.29, 0.717) is 29.2 Å². The maximum Gasteiger partial charge on any atom is 0.308 e. The molecular formula is C21H22N2O5. The van der Waals surface area contributed by atoms with Crippen molar-refractivity contribution in [2.75, 3.05) is 13.7 Å². The number of hydrogen-bond donors (Lipinski definition) is 1. The molecule has 7 nitrogen and oxygen atoms in total. The second kappa shape index (κ2) is 10.5. The number of amides is 1. The standard InChI is InChI=1S/C21H22N2O5/c1-4-7-16-8-5-6-9-19(16)27-14-21(25)23-22-13-17-12-18(26-3)10-11-20(17)28-15(2)24/h4-6,8-13H,1,7,14H2,2-3H3,(H,23,25)/b22-13+. The molecule has 0 aliphatic carbocycles. The van der Waals surface area contributed by atoms with E-state index in [1.165, 1.54) is 20.2 Å². The van der Waals surface area contributed by atoms with Crippen LogP contribution in [0.1, 0.15) is 18.1 Å². The number of para-hydroxylation sites is 1. The highest BCUT2D eigenvalue weighted by molar-refractivity contribution is 5.87. The number of carbonyl (C=O) groups excluding carboxylic acids is 2. The third kappa shape index (κ3) is 6.28. The monoisotopic (exact) mass is 382 g/mol. The van der Waals surface area contributed by atoms with Crippen LogP contribution in [0, 0.1) is 0 Å². The Morgan fingerprint density at radius 2 is 1.96 bits per heavy atom. The van der Waals surface area contributed by atoms with E-state index in [9.17, 15) is 9.59 Å². The number of esters is 1. The Morgan fingerprint density at radius 3 is 2.68 bits per heavy atom. The van der Waals surface area contributed by atoms with Crippen molar-refractivity contribution in [1.29, 1.82) is 0 Å². The van der Waals surface area contributed by atoms with Crippen molar-refractivity contribution in [3.63, 3.8) is 0 Å². The van der Waals surface area contributed by atoms with Crippen LogP contribution < -0.4 is 19.6 Å². The number of allylic oxidation sites excluding steroid dienone is 1. The van der Waals surface area contributed by atoms with Crippen LogP contribution in [-0.2, 0) is 16.0 Å². The lowest BCUT2D eigenvalue weighted by Gasteiger charge is -2.09. The Kier molecular flexibility index (Phi) is 7.77. The van der Waals surface area contributed by atoms with E-state index in [4.69, 9.17) is 14.2 Å². The van der Waals surface area contributed by atoms with Crippen LogP contribution in [0.15, 0.2) is 60.2 Å². The molecule has 0 bridgehead atoms. The lowest BCUT2D eigenvalue weighted by molar-refractivity contribution is -0.132. The summed E-state index contributed by atoms with van der Waals surface area (Å²) in [6.07, 6.45) is 3.77. The molecule has 146 valence electrons. The minimum atomic E-state index is -0.463. The third-order valence-corrected chi connectivity index (χ3v) is 3.56. The Labute approximate surface area is 163 Å². The second-order valence-electron chi connectivity index (χ2n) is 5.68. The molecule has 1 amide bonds. The molecule has 0 heterocycles. The predicted octanol–water partition coefficient (Wildman–Crippen LogP) is 2.88. The summed E-state index contributed by atoms with van der Waals surface area (Å²) in [5.74, 6) is 0.593. The molecule has 28 heavy (non-hydrogen) atoms. The highest BCUT2D eigenvalue weighted by atomic mass is 16.5. The number of methoxy groups -OCH3 is 1. The van der Waals surface area contributed by atoms with Crippen LogP contribution in [0.4, 0.5) is 0 Å². The Hall–Kier alpha value is -3.61. The largest absolute Gasteiger partial charge is 0.497 e. The molecule has 0 saturated carbocycles. The molecule has 0 radical (unpaired) electrons. The van der Waals surface area contributed by atoms with Gasteiger partial charge >= 0.3 is 5.97 Å². The Bertz CT molecular complexity index is 877. The first-order valence-electron chi connectivity index (χ1n) is 8.53. The van der Waals surface area contributed by atoms with E-state index >= 15 is 0 Å². The summed E-state index contributed by atoms with van der Waals surface area (Å²) in [6, 6.07) is 12.3. The van der Waals surface area contributed by atoms with Crippen molar-refractivity contribution in [3.05, 3.63) is 66.2 Å². The van der Waals surface area contributed by atoms with Gasteiger partial charge in [-0.1, -0.05) is 24.3 Å². The predicted molar refractivity (Wildman–Crippen MR) is 106 cm³/mol. The van der Waals surface area contributed by atoms with Gasteiger partial charge in [-0.2, -0.15) is 5.10 Å². The molecule has 0 spiro atoms. The topological polar surface area (TPSA) is 86.2 Å². The van der Waals surface area contributed by atoms with E-state index in [1.807, 2.05) is 18.2 Å². The first kappa shape index (κ1) is 20.7. The summed E-state index contributed by atoms with van der Waals surface area (Å²) in [7, 11) is 1.52. The summed E-state index contributed by atoms with van der Waals surface area (Å²) in [6.45, 7) is 4.81. The molecule has 2 rings (SSSR count). The summed E-state index contributed by atoms with van der Waals surface area (Å²) < 4.78 is 15.8. The van der Waals surface area contributed by atoms with E-state index in [2.05, 4.69) is 17.1 Å². The minimum Gasteiger partial charge on any atom is -0.497 e. The molecule has 0 aliphatic heterocycles.